The van der Waals surface area contributed by atoms with E-state index < -0.39 is 5.60 Å². The highest BCUT2D eigenvalue weighted by Gasteiger charge is 2.34. The average molecular weight is 380 g/mol. The van der Waals surface area contributed by atoms with Crippen molar-refractivity contribution in [2.45, 2.75) is 5.60 Å². The van der Waals surface area contributed by atoms with Crippen molar-refractivity contribution in [2.75, 3.05) is 27.4 Å². The molecule has 0 radical (unpaired) electrons. The van der Waals surface area contributed by atoms with Gasteiger partial charge in [-0.05, 0) is 53.1 Å². The monoisotopic (exact) mass is 380 g/mol. The predicted octanol–water partition coefficient (Wildman–Crippen LogP) is 3.36. The van der Waals surface area contributed by atoms with Crippen LogP contribution in [0, 0.1) is 0 Å². The lowest BCUT2D eigenvalue weighted by Gasteiger charge is -2.30. The minimum atomic E-state index is -1.37. The van der Waals surface area contributed by atoms with Crippen molar-refractivity contribution in [3.63, 3.8) is 0 Å². The molecule has 0 spiro atoms. The SMILES string of the molecule is COc1ccc(C(O)(c2ccc(OC)cc2)c2ccc(OCCO)cc2)cc1. The van der Waals surface area contributed by atoms with Crippen LogP contribution in [0.15, 0.2) is 72.8 Å². The molecule has 0 saturated heterocycles. The summed E-state index contributed by atoms with van der Waals surface area (Å²) in [4.78, 5) is 0. The Morgan fingerprint density at radius 1 is 0.643 bits per heavy atom. The number of ether oxygens (including phenoxy) is 3. The van der Waals surface area contributed by atoms with Gasteiger partial charge in [-0.1, -0.05) is 36.4 Å². The van der Waals surface area contributed by atoms with Crippen molar-refractivity contribution < 1.29 is 24.4 Å². The lowest BCUT2D eigenvalue weighted by molar-refractivity contribution is 0.125. The second-order valence-electron chi connectivity index (χ2n) is 6.26. The van der Waals surface area contributed by atoms with Gasteiger partial charge < -0.3 is 24.4 Å². The molecule has 2 N–H and O–H groups in total. The maximum atomic E-state index is 11.9. The number of hydrogen-bond acceptors (Lipinski definition) is 5. The fourth-order valence-electron chi connectivity index (χ4n) is 3.12. The topological polar surface area (TPSA) is 68.2 Å². The van der Waals surface area contributed by atoms with Gasteiger partial charge in [0.2, 0.25) is 0 Å². The van der Waals surface area contributed by atoms with E-state index in [0.717, 1.165) is 0 Å². The average Bonchev–Trinajstić information content (AvgIpc) is 2.77. The molecule has 5 heteroatoms. The molecule has 3 rings (SSSR count). The second-order valence-corrected chi connectivity index (χ2v) is 6.26. The Morgan fingerprint density at radius 2 is 1.00 bits per heavy atom. The summed E-state index contributed by atoms with van der Waals surface area (Å²) in [6.45, 7) is 0.171. The van der Waals surface area contributed by atoms with Crippen molar-refractivity contribution in [2.24, 2.45) is 0 Å². The van der Waals surface area contributed by atoms with Crippen LogP contribution in [-0.4, -0.2) is 37.6 Å². The Bertz CT molecular complexity index is 823. The first-order valence-corrected chi connectivity index (χ1v) is 8.97. The van der Waals surface area contributed by atoms with Crippen LogP contribution in [0.5, 0.6) is 17.2 Å². The summed E-state index contributed by atoms with van der Waals surface area (Å²) in [5.41, 5.74) is 0.748. The molecule has 0 fully saturated rings. The van der Waals surface area contributed by atoms with E-state index in [-0.39, 0.29) is 13.2 Å². The van der Waals surface area contributed by atoms with E-state index in [9.17, 15) is 5.11 Å². The molecule has 0 aliphatic carbocycles. The fourth-order valence-corrected chi connectivity index (χ4v) is 3.12. The molecule has 0 aliphatic rings. The molecule has 0 amide bonds. The van der Waals surface area contributed by atoms with Crippen LogP contribution < -0.4 is 14.2 Å². The van der Waals surface area contributed by atoms with Gasteiger partial charge in [0.15, 0.2) is 0 Å². The molecular weight excluding hydrogens is 356 g/mol. The molecule has 3 aromatic carbocycles. The number of methoxy groups -OCH3 is 2. The first kappa shape index (κ1) is 19.7. The van der Waals surface area contributed by atoms with E-state index in [2.05, 4.69) is 0 Å². The number of aliphatic hydroxyl groups excluding tert-OH is 1. The highest BCUT2D eigenvalue weighted by atomic mass is 16.5. The maximum Gasteiger partial charge on any atom is 0.140 e. The van der Waals surface area contributed by atoms with Crippen molar-refractivity contribution in [3.8, 4) is 17.2 Å². The Labute approximate surface area is 164 Å². The van der Waals surface area contributed by atoms with Gasteiger partial charge in [-0.25, -0.2) is 0 Å². The van der Waals surface area contributed by atoms with Gasteiger partial charge in [-0.2, -0.15) is 0 Å². The molecule has 0 unspecified atom stereocenters. The summed E-state index contributed by atoms with van der Waals surface area (Å²) in [6, 6.07) is 21.9. The first-order valence-electron chi connectivity index (χ1n) is 8.97. The fraction of sp³-hybridized carbons (Fsp3) is 0.217. The van der Waals surface area contributed by atoms with Crippen molar-refractivity contribution in [1.29, 1.82) is 0 Å². The third kappa shape index (κ3) is 3.96. The van der Waals surface area contributed by atoms with Crippen LogP contribution in [0.25, 0.3) is 0 Å². The van der Waals surface area contributed by atoms with Gasteiger partial charge in [0, 0.05) is 0 Å². The van der Waals surface area contributed by atoms with Crippen LogP contribution in [0.3, 0.4) is 0 Å². The third-order valence-corrected chi connectivity index (χ3v) is 4.65. The van der Waals surface area contributed by atoms with Gasteiger partial charge in [0.25, 0.3) is 0 Å². The summed E-state index contributed by atoms with van der Waals surface area (Å²) in [6.07, 6.45) is 0. The molecule has 0 saturated carbocycles. The molecule has 3 aromatic rings. The van der Waals surface area contributed by atoms with Gasteiger partial charge in [0.1, 0.15) is 29.5 Å². The molecular formula is C23H24O5. The Morgan fingerprint density at radius 3 is 1.32 bits per heavy atom. The van der Waals surface area contributed by atoms with Crippen LogP contribution in [0.2, 0.25) is 0 Å². The molecule has 0 bridgehead atoms. The Hall–Kier alpha value is -3.02. The molecule has 0 heterocycles. The number of rotatable bonds is 8. The van der Waals surface area contributed by atoms with Crippen molar-refractivity contribution >= 4 is 0 Å². The van der Waals surface area contributed by atoms with Gasteiger partial charge >= 0.3 is 0 Å². The zero-order valence-corrected chi connectivity index (χ0v) is 16.0. The molecule has 146 valence electrons. The van der Waals surface area contributed by atoms with E-state index in [1.165, 1.54) is 0 Å². The predicted molar refractivity (Wildman–Crippen MR) is 107 cm³/mol. The number of hydrogen-bond donors (Lipinski definition) is 2. The zero-order chi connectivity index (χ0) is 20.0. The van der Waals surface area contributed by atoms with E-state index in [4.69, 9.17) is 19.3 Å². The third-order valence-electron chi connectivity index (χ3n) is 4.65. The lowest BCUT2D eigenvalue weighted by atomic mass is 9.80. The summed E-state index contributed by atoms with van der Waals surface area (Å²) in [7, 11) is 3.21. The molecule has 28 heavy (non-hydrogen) atoms. The minimum Gasteiger partial charge on any atom is -0.497 e. The largest absolute Gasteiger partial charge is 0.497 e. The minimum absolute atomic E-state index is 0.0522. The normalized spacial score (nSPS) is 11.1. The van der Waals surface area contributed by atoms with Crippen molar-refractivity contribution in [1.82, 2.24) is 0 Å². The molecule has 0 aromatic heterocycles. The highest BCUT2D eigenvalue weighted by Crippen LogP contribution is 2.38. The van der Waals surface area contributed by atoms with Crippen molar-refractivity contribution in [3.05, 3.63) is 89.5 Å². The number of aliphatic hydroxyl groups is 2. The molecule has 0 atom stereocenters. The smallest absolute Gasteiger partial charge is 0.140 e. The Kier molecular flexibility index (Phi) is 6.19. The molecule has 0 aliphatic heterocycles. The van der Waals surface area contributed by atoms with Crippen LogP contribution in [-0.2, 0) is 5.60 Å². The van der Waals surface area contributed by atoms with Gasteiger partial charge in [-0.15, -0.1) is 0 Å². The second kappa shape index (κ2) is 8.78. The van der Waals surface area contributed by atoms with E-state index in [1.807, 2.05) is 60.7 Å². The van der Waals surface area contributed by atoms with Crippen LogP contribution in [0.4, 0.5) is 0 Å². The maximum absolute atomic E-state index is 11.9. The van der Waals surface area contributed by atoms with Gasteiger partial charge in [-0.3, -0.25) is 0 Å². The van der Waals surface area contributed by atoms with E-state index in [0.29, 0.717) is 33.9 Å². The summed E-state index contributed by atoms with van der Waals surface area (Å²) in [5, 5.41) is 20.8. The Balaban J connectivity index is 2.07. The van der Waals surface area contributed by atoms with Crippen LogP contribution >= 0.6 is 0 Å². The van der Waals surface area contributed by atoms with E-state index in [1.54, 1.807) is 26.4 Å². The summed E-state index contributed by atoms with van der Waals surface area (Å²) < 4.78 is 15.9. The molecule has 5 nitrogen and oxygen atoms in total. The quantitative estimate of drug-likeness (QED) is 0.587. The zero-order valence-electron chi connectivity index (χ0n) is 16.0. The summed E-state index contributed by atoms with van der Waals surface area (Å²) in [5.74, 6) is 2.06. The van der Waals surface area contributed by atoms with Gasteiger partial charge in [0.05, 0.1) is 20.8 Å². The first-order chi connectivity index (χ1) is 13.6. The standard InChI is InChI=1S/C23H24O5/c1-26-20-9-3-17(4-10-20)23(25,18-5-11-21(27-2)12-6-18)19-7-13-22(14-8-19)28-16-15-24/h3-14,24-25H,15-16H2,1-2H3. The lowest BCUT2D eigenvalue weighted by Crippen LogP contribution is -2.28. The summed E-state index contributed by atoms with van der Waals surface area (Å²) >= 11 is 0. The van der Waals surface area contributed by atoms with E-state index >= 15 is 0 Å². The van der Waals surface area contributed by atoms with Crippen LogP contribution in [0.1, 0.15) is 16.7 Å². The number of benzene rings is 3. The highest BCUT2D eigenvalue weighted by molar-refractivity contribution is 5.50.